The highest BCUT2D eigenvalue weighted by Crippen LogP contribution is 2.43. The minimum atomic E-state index is -4.39. The largest absolute Gasteiger partial charge is 0.472 e. The zero-order valence-corrected chi connectivity index (χ0v) is 54.2. The highest BCUT2D eigenvalue weighted by atomic mass is 31.2. The van der Waals surface area contributed by atoms with Crippen molar-refractivity contribution >= 4 is 19.8 Å². The predicted molar refractivity (Wildman–Crippen MR) is 349 cm³/mol. The summed E-state index contributed by atoms with van der Waals surface area (Å²) < 4.78 is 33.2. The number of phosphoric acid groups is 1. The molecule has 2 atom stereocenters. The third-order valence-electron chi connectivity index (χ3n) is 15.4. The summed E-state index contributed by atoms with van der Waals surface area (Å²) >= 11 is 0. The highest BCUT2D eigenvalue weighted by Gasteiger charge is 2.26. The van der Waals surface area contributed by atoms with Crippen LogP contribution in [0.4, 0.5) is 0 Å². The molecule has 0 spiro atoms. The normalized spacial score (nSPS) is 13.3. The first-order valence-electron chi connectivity index (χ1n) is 34.8. The molecule has 3 N–H and O–H groups in total. The molecule has 2 unspecified atom stereocenters. The van der Waals surface area contributed by atoms with Crippen molar-refractivity contribution in [3.05, 3.63) is 60.8 Å². The maximum atomic E-state index is 12.8. The minimum absolute atomic E-state index is 0.0555. The van der Waals surface area contributed by atoms with E-state index >= 15 is 0 Å². The zero-order chi connectivity index (χ0) is 58.7. The third-order valence-corrected chi connectivity index (χ3v) is 16.4. The Hall–Kier alpha value is -2.29. The van der Waals surface area contributed by atoms with Gasteiger partial charge < -0.3 is 20.1 Å². The van der Waals surface area contributed by atoms with E-state index in [0.717, 1.165) is 64.2 Å². The van der Waals surface area contributed by atoms with Gasteiger partial charge in [0, 0.05) is 19.4 Å². The summed E-state index contributed by atoms with van der Waals surface area (Å²) in [7, 11) is -4.39. The summed E-state index contributed by atoms with van der Waals surface area (Å²) in [5.74, 6) is -0.806. The van der Waals surface area contributed by atoms with Gasteiger partial charge in [0.25, 0.3) is 0 Å². The smallest absolute Gasteiger partial charge is 0.462 e. The molecule has 0 heterocycles. The van der Waals surface area contributed by atoms with E-state index in [9.17, 15) is 19.0 Å². The van der Waals surface area contributed by atoms with E-state index in [1.54, 1.807) is 0 Å². The van der Waals surface area contributed by atoms with Gasteiger partial charge in [-0.15, -0.1) is 0 Å². The summed E-state index contributed by atoms with van der Waals surface area (Å²) in [6.45, 7) is 3.70. The predicted octanol–water partition coefficient (Wildman–Crippen LogP) is 22.6. The monoisotopic (exact) mass is 1160 g/mol. The van der Waals surface area contributed by atoms with Crippen LogP contribution in [0.3, 0.4) is 0 Å². The highest BCUT2D eigenvalue weighted by molar-refractivity contribution is 7.47. The molecule has 0 bridgehead atoms. The quantitative estimate of drug-likeness (QED) is 0.0264. The number of phosphoric ester groups is 1. The molecule has 9 nitrogen and oxygen atoms in total. The summed E-state index contributed by atoms with van der Waals surface area (Å²) in [4.78, 5) is 35.3. The molecular weight excluding hydrogens is 1030 g/mol. The average molecular weight is 1160 g/mol. The number of allylic oxidation sites excluding steroid dienone is 10. The van der Waals surface area contributed by atoms with Crippen LogP contribution in [0.1, 0.15) is 348 Å². The summed E-state index contributed by atoms with van der Waals surface area (Å²) in [5.41, 5.74) is 5.40. The molecule has 0 amide bonds. The van der Waals surface area contributed by atoms with Crippen LogP contribution >= 0.6 is 7.82 Å². The Morgan fingerprint density at radius 2 is 0.679 bits per heavy atom. The zero-order valence-electron chi connectivity index (χ0n) is 53.3. The molecule has 0 rings (SSSR count). The van der Waals surface area contributed by atoms with Gasteiger partial charge in [-0.2, -0.15) is 0 Å². The van der Waals surface area contributed by atoms with Gasteiger partial charge in [-0.25, -0.2) is 4.57 Å². The summed E-state index contributed by atoms with van der Waals surface area (Å²) in [6, 6.07) is 0. The topological polar surface area (TPSA) is 134 Å². The third kappa shape index (κ3) is 66.7. The van der Waals surface area contributed by atoms with Crippen LogP contribution in [-0.4, -0.2) is 49.3 Å². The van der Waals surface area contributed by atoms with Gasteiger partial charge in [-0.05, 0) is 57.8 Å². The summed E-state index contributed by atoms with van der Waals surface area (Å²) in [5, 5.41) is 0. The van der Waals surface area contributed by atoms with Crippen molar-refractivity contribution in [3.8, 4) is 0 Å². The second-order valence-corrected chi connectivity index (χ2v) is 24.8. The van der Waals surface area contributed by atoms with Crippen molar-refractivity contribution < 1.29 is 37.6 Å². The standard InChI is InChI=1S/C71H132NO8P/c1-3-5-7-9-11-13-15-17-19-21-23-25-27-28-29-30-31-32-33-34-35-36-37-38-39-40-42-44-46-48-50-52-54-56-58-60-62-64-71(74)80-69(68-79-81(75,76)78-66-65-72)67-77-70(73)63-61-59-57-55-53-51-49-47-45-43-41-26-24-22-20-18-16-14-12-10-8-6-4-2/h5,7,11,13,17,19,23,25,28-29,69H,3-4,6,8-10,12,14-16,18,20-22,24,26-27,30-68,72H2,1-2H3,(H,75,76)/b7-5-,13-11-,19-17-,25-23-,29-28-. The van der Waals surface area contributed by atoms with Crippen molar-refractivity contribution in [2.45, 2.75) is 354 Å². The molecule has 0 saturated heterocycles. The van der Waals surface area contributed by atoms with Gasteiger partial charge in [0.15, 0.2) is 6.10 Å². The Kier molecular flexibility index (Phi) is 65.0. The summed E-state index contributed by atoms with van der Waals surface area (Å²) in [6.07, 6.45) is 86.1. The number of carbonyl (C=O) groups excluding carboxylic acids is 2. The van der Waals surface area contributed by atoms with Gasteiger partial charge >= 0.3 is 19.8 Å². The van der Waals surface area contributed by atoms with Gasteiger partial charge in [-0.3, -0.25) is 18.6 Å². The number of unbranched alkanes of at least 4 members (excludes halogenated alkanes) is 43. The number of ether oxygens (including phenoxy) is 2. The van der Waals surface area contributed by atoms with Crippen molar-refractivity contribution in [1.29, 1.82) is 0 Å². The number of hydrogen-bond acceptors (Lipinski definition) is 8. The maximum absolute atomic E-state index is 12.8. The SMILES string of the molecule is CC/C=C\C/C=C\C/C=C\C/C=C\C/C=C\CCCCCCCCCCCCCCCCCCCCCCCC(=O)OC(COC(=O)CCCCCCCCCCCCCCCCCCCCCCCCC)COP(=O)(O)OCCN. The van der Waals surface area contributed by atoms with Crippen LogP contribution < -0.4 is 5.73 Å². The average Bonchev–Trinajstić information content (AvgIpc) is 3.46. The molecule has 0 fully saturated rings. The van der Waals surface area contributed by atoms with Gasteiger partial charge in [0.05, 0.1) is 13.2 Å². The molecule has 0 aliphatic rings. The lowest BCUT2D eigenvalue weighted by molar-refractivity contribution is -0.161. The minimum Gasteiger partial charge on any atom is -0.462 e. The van der Waals surface area contributed by atoms with Crippen LogP contribution in [0, 0.1) is 0 Å². The van der Waals surface area contributed by atoms with Crippen molar-refractivity contribution in [1.82, 2.24) is 0 Å². The first kappa shape index (κ1) is 78.7. The number of hydrogen-bond donors (Lipinski definition) is 2. The molecule has 0 saturated carbocycles. The molecule has 474 valence electrons. The molecular formula is C71H132NO8P. The van der Waals surface area contributed by atoms with Crippen LogP contribution in [0.15, 0.2) is 60.8 Å². The second kappa shape index (κ2) is 66.8. The molecule has 0 aliphatic carbocycles. The maximum Gasteiger partial charge on any atom is 0.472 e. The van der Waals surface area contributed by atoms with Crippen molar-refractivity contribution in [2.24, 2.45) is 5.73 Å². The van der Waals surface area contributed by atoms with Gasteiger partial charge in [0.1, 0.15) is 6.61 Å². The van der Waals surface area contributed by atoms with Crippen LogP contribution in [0.5, 0.6) is 0 Å². The first-order valence-corrected chi connectivity index (χ1v) is 36.3. The number of rotatable bonds is 66. The van der Waals surface area contributed by atoms with E-state index in [1.807, 2.05) is 0 Å². The fourth-order valence-corrected chi connectivity index (χ4v) is 11.1. The number of nitrogens with two attached hydrogens (primary N) is 1. The fraction of sp³-hybridized carbons (Fsp3) is 0.831. The molecule has 0 aromatic heterocycles. The number of carbonyl (C=O) groups is 2. The van der Waals surface area contributed by atoms with Crippen LogP contribution in [0.25, 0.3) is 0 Å². The van der Waals surface area contributed by atoms with E-state index < -0.39 is 26.5 Å². The van der Waals surface area contributed by atoms with E-state index in [2.05, 4.69) is 74.6 Å². The first-order chi connectivity index (χ1) is 39.8. The van der Waals surface area contributed by atoms with Crippen molar-refractivity contribution in [2.75, 3.05) is 26.4 Å². The fourth-order valence-electron chi connectivity index (χ4n) is 10.3. The Morgan fingerprint density at radius 1 is 0.383 bits per heavy atom. The molecule has 0 radical (unpaired) electrons. The second-order valence-electron chi connectivity index (χ2n) is 23.4. The Morgan fingerprint density at radius 3 is 1.01 bits per heavy atom. The lowest BCUT2D eigenvalue weighted by Gasteiger charge is -2.19. The molecule has 0 aromatic carbocycles. The van der Waals surface area contributed by atoms with Crippen LogP contribution in [0.2, 0.25) is 0 Å². The van der Waals surface area contributed by atoms with E-state index in [-0.39, 0.29) is 38.6 Å². The van der Waals surface area contributed by atoms with Gasteiger partial charge in [0.2, 0.25) is 0 Å². The molecule has 0 aliphatic heterocycles. The van der Waals surface area contributed by atoms with Crippen molar-refractivity contribution in [3.63, 3.8) is 0 Å². The molecule has 10 heteroatoms. The van der Waals surface area contributed by atoms with E-state index in [0.29, 0.717) is 6.42 Å². The van der Waals surface area contributed by atoms with Crippen LogP contribution in [-0.2, 0) is 32.7 Å². The Bertz CT molecular complexity index is 1510. The molecule has 81 heavy (non-hydrogen) atoms. The Labute approximate surface area is 501 Å². The lowest BCUT2D eigenvalue weighted by atomic mass is 10.0. The Balaban J connectivity index is 3.81. The van der Waals surface area contributed by atoms with Gasteiger partial charge in [-0.1, -0.05) is 338 Å². The van der Waals surface area contributed by atoms with E-state index in [1.165, 1.54) is 250 Å². The molecule has 0 aromatic rings. The lowest BCUT2D eigenvalue weighted by Crippen LogP contribution is -2.29. The van der Waals surface area contributed by atoms with E-state index in [4.69, 9.17) is 24.3 Å². The number of esters is 2.